The van der Waals surface area contributed by atoms with Crippen LogP contribution in [0.25, 0.3) is 0 Å². The smallest absolute Gasteiger partial charge is 0.183 e. The quantitative estimate of drug-likeness (QED) is 0.634. The fraction of sp³-hybridized carbons (Fsp3) is 0.458. The SMILES string of the molecule is CC1CN(CCc2cc(Cl)cc(C#N)c2)CC1COc1ccc(S(=O)(=O)C2CNC2)cc1. The summed E-state index contributed by atoms with van der Waals surface area (Å²) in [7, 11) is -3.25. The molecule has 2 saturated heterocycles. The predicted molar refractivity (Wildman–Crippen MR) is 125 cm³/mol. The summed E-state index contributed by atoms with van der Waals surface area (Å²) in [4.78, 5) is 2.78. The van der Waals surface area contributed by atoms with Crippen molar-refractivity contribution in [3.05, 3.63) is 58.6 Å². The van der Waals surface area contributed by atoms with Gasteiger partial charge >= 0.3 is 0 Å². The van der Waals surface area contributed by atoms with E-state index in [1.165, 1.54) is 0 Å². The van der Waals surface area contributed by atoms with Crippen LogP contribution in [0, 0.1) is 23.2 Å². The number of rotatable bonds is 8. The van der Waals surface area contributed by atoms with Crippen molar-refractivity contribution >= 4 is 21.4 Å². The van der Waals surface area contributed by atoms with Gasteiger partial charge in [-0.3, -0.25) is 0 Å². The van der Waals surface area contributed by atoms with Crippen LogP contribution in [0.15, 0.2) is 47.4 Å². The van der Waals surface area contributed by atoms with Gasteiger partial charge in [-0.05, 0) is 60.4 Å². The zero-order valence-electron chi connectivity index (χ0n) is 18.1. The average Bonchev–Trinajstić information content (AvgIpc) is 3.08. The zero-order valence-corrected chi connectivity index (χ0v) is 19.7. The summed E-state index contributed by atoms with van der Waals surface area (Å²) in [6, 6.07) is 14.5. The highest BCUT2D eigenvalue weighted by molar-refractivity contribution is 7.92. The molecule has 2 aromatic carbocycles. The number of likely N-dealkylation sites (tertiary alicyclic amines) is 1. The molecule has 0 aromatic heterocycles. The lowest BCUT2D eigenvalue weighted by molar-refractivity contribution is 0.225. The average molecular weight is 474 g/mol. The predicted octanol–water partition coefficient (Wildman–Crippen LogP) is 3.15. The van der Waals surface area contributed by atoms with Gasteiger partial charge in [-0.1, -0.05) is 18.5 Å². The van der Waals surface area contributed by atoms with Gasteiger partial charge in [-0.2, -0.15) is 5.26 Å². The van der Waals surface area contributed by atoms with E-state index in [4.69, 9.17) is 21.6 Å². The van der Waals surface area contributed by atoms with Crippen LogP contribution in [0.4, 0.5) is 0 Å². The minimum atomic E-state index is -3.25. The molecular formula is C24H28ClN3O3S. The Kier molecular flexibility index (Phi) is 7.06. The molecule has 2 heterocycles. The van der Waals surface area contributed by atoms with E-state index in [2.05, 4.69) is 23.2 Å². The second-order valence-electron chi connectivity index (χ2n) is 8.81. The first-order chi connectivity index (χ1) is 15.3. The highest BCUT2D eigenvalue weighted by atomic mass is 35.5. The molecule has 0 spiro atoms. The largest absolute Gasteiger partial charge is 0.493 e. The lowest BCUT2D eigenvalue weighted by Gasteiger charge is -2.26. The number of nitrogens with zero attached hydrogens (tertiary/aromatic N) is 2. The van der Waals surface area contributed by atoms with Crippen molar-refractivity contribution in [1.29, 1.82) is 5.26 Å². The summed E-state index contributed by atoms with van der Waals surface area (Å²) in [5.74, 6) is 1.62. The fourth-order valence-corrected chi connectivity index (χ4v) is 6.12. The molecule has 32 heavy (non-hydrogen) atoms. The number of sulfone groups is 1. The third kappa shape index (κ3) is 5.26. The number of nitriles is 1. The van der Waals surface area contributed by atoms with Gasteiger partial charge in [-0.25, -0.2) is 8.42 Å². The third-order valence-corrected chi connectivity index (χ3v) is 8.80. The molecule has 1 N–H and O–H groups in total. The second kappa shape index (κ2) is 9.80. The van der Waals surface area contributed by atoms with E-state index in [1.54, 1.807) is 30.3 Å². The maximum Gasteiger partial charge on any atom is 0.183 e. The summed E-state index contributed by atoms with van der Waals surface area (Å²) < 4.78 is 31.0. The Balaban J connectivity index is 1.27. The van der Waals surface area contributed by atoms with Gasteiger partial charge in [0.05, 0.1) is 28.4 Å². The molecule has 6 nitrogen and oxygen atoms in total. The van der Waals surface area contributed by atoms with Crippen molar-refractivity contribution in [3.63, 3.8) is 0 Å². The standard InChI is InChI=1S/C24H28ClN3O3S/c1-17-14-28(7-6-18-8-19(11-26)10-21(25)9-18)15-20(17)16-31-22-2-4-23(5-3-22)32(29,30)24-12-27-13-24/h2-5,8-10,17,20,24,27H,6-7,12-16H2,1H3. The van der Waals surface area contributed by atoms with Gasteiger partial charge in [0.15, 0.2) is 9.84 Å². The molecule has 0 aliphatic carbocycles. The van der Waals surface area contributed by atoms with E-state index in [0.29, 0.717) is 52.8 Å². The van der Waals surface area contributed by atoms with Gasteiger partial charge in [0.25, 0.3) is 0 Å². The number of ether oxygens (including phenoxy) is 1. The molecule has 170 valence electrons. The maximum atomic E-state index is 12.5. The first kappa shape index (κ1) is 23.1. The fourth-order valence-electron chi connectivity index (χ4n) is 4.29. The van der Waals surface area contributed by atoms with Crippen LogP contribution < -0.4 is 10.1 Å². The van der Waals surface area contributed by atoms with E-state index >= 15 is 0 Å². The minimum Gasteiger partial charge on any atom is -0.493 e. The van der Waals surface area contributed by atoms with E-state index in [-0.39, 0.29) is 5.25 Å². The molecule has 2 aliphatic heterocycles. The highest BCUT2D eigenvalue weighted by Crippen LogP contribution is 2.26. The second-order valence-corrected chi connectivity index (χ2v) is 11.5. The molecule has 0 radical (unpaired) electrons. The van der Waals surface area contributed by atoms with E-state index in [0.717, 1.165) is 31.6 Å². The van der Waals surface area contributed by atoms with Crippen LogP contribution in [0.3, 0.4) is 0 Å². The molecule has 2 fully saturated rings. The summed E-state index contributed by atoms with van der Waals surface area (Å²) in [6.45, 7) is 6.76. The Labute approximate surface area is 195 Å². The van der Waals surface area contributed by atoms with E-state index in [1.807, 2.05) is 12.1 Å². The van der Waals surface area contributed by atoms with Gasteiger partial charge in [-0.15, -0.1) is 0 Å². The number of hydrogen-bond donors (Lipinski definition) is 1. The molecule has 0 saturated carbocycles. The summed E-state index contributed by atoms with van der Waals surface area (Å²) >= 11 is 6.11. The highest BCUT2D eigenvalue weighted by Gasteiger charge is 2.32. The Morgan fingerprint density at radius 1 is 1.19 bits per heavy atom. The summed E-state index contributed by atoms with van der Waals surface area (Å²) in [5.41, 5.74) is 1.67. The van der Waals surface area contributed by atoms with Crippen LogP contribution in [-0.2, 0) is 16.3 Å². The van der Waals surface area contributed by atoms with Crippen LogP contribution in [0.5, 0.6) is 5.75 Å². The molecule has 2 atom stereocenters. The van der Waals surface area contributed by atoms with Crippen molar-refractivity contribution in [2.75, 3.05) is 39.3 Å². The number of hydrogen-bond acceptors (Lipinski definition) is 6. The van der Waals surface area contributed by atoms with Crippen LogP contribution in [0.1, 0.15) is 18.1 Å². The molecule has 0 bridgehead atoms. The van der Waals surface area contributed by atoms with Gasteiger partial charge in [0, 0.05) is 43.7 Å². The van der Waals surface area contributed by atoms with Gasteiger partial charge in [0.1, 0.15) is 5.75 Å². The molecule has 2 unspecified atom stereocenters. The Morgan fingerprint density at radius 3 is 2.59 bits per heavy atom. The molecule has 2 aromatic rings. The first-order valence-electron chi connectivity index (χ1n) is 10.9. The Morgan fingerprint density at radius 2 is 1.94 bits per heavy atom. The molecule has 4 rings (SSSR count). The van der Waals surface area contributed by atoms with Crippen molar-refractivity contribution in [2.45, 2.75) is 23.5 Å². The number of nitrogens with one attached hydrogen (secondary N) is 1. The third-order valence-electron chi connectivity index (χ3n) is 6.45. The van der Waals surface area contributed by atoms with E-state index in [9.17, 15) is 8.42 Å². The van der Waals surface area contributed by atoms with Crippen molar-refractivity contribution in [2.24, 2.45) is 11.8 Å². The lowest BCUT2D eigenvalue weighted by atomic mass is 9.99. The number of benzene rings is 2. The molecule has 0 amide bonds. The Bertz CT molecular complexity index is 1090. The minimum absolute atomic E-state index is 0.321. The van der Waals surface area contributed by atoms with Crippen molar-refractivity contribution in [1.82, 2.24) is 10.2 Å². The monoisotopic (exact) mass is 473 g/mol. The molecule has 2 aliphatic rings. The summed E-state index contributed by atoms with van der Waals surface area (Å²) in [5, 5.41) is 12.4. The first-order valence-corrected chi connectivity index (χ1v) is 12.9. The topological polar surface area (TPSA) is 82.4 Å². The lowest BCUT2D eigenvalue weighted by Crippen LogP contribution is -2.51. The maximum absolute atomic E-state index is 12.5. The van der Waals surface area contributed by atoms with Crippen LogP contribution >= 0.6 is 11.6 Å². The van der Waals surface area contributed by atoms with Crippen LogP contribution in [0.2, 0.25) is 5.02 Å². The van der Waals surface area contributed by atoms with Gasteiger partial charge < -0.3 is 15.0 Å². The Hall–Kier alpha value is -2.11. The van der Waals surface area contributed by atoms with Crippen molar-refractivity contribution in [3.8, 4) is 11.8 Å². The van der Waals surface area contributed by atoms with Crippen molar-refractivity contribution < 1.29 is 13.2 Å². The van der Waals surface area contributed by atoms with Crippen LogP contribution in [-0.4, -0.2) is 57.9 Å². The number of halogens is 1. The normalized spacial score (nSPS) is 21.8. The zero-order chi connectivity index (χ0) is 22.7. The van der Waals surface area contributed by atoms with E-state index < -0.39 is 9.84 Å². The molecular weight excluding hydrogens is 446 g/mol. The summed E-state index contributed by atoms with van der Waals surface area (Å²) in [6.07, 6.45) is 0.849. The molecule has 8 heteroatoms. The van der Waals surface area contributed by atoms with Gasteiger partial charge in [0.2, 0.25) is 0 Å².